The number of aromatic amines is 1. The van der Waals surface area contributed by atoms with Crippen molar-refractivity contribution < 1.29 is 9.52 Å². The molecule has 1 heterocycles. The molecular formula is C11H14N2O3. The summed E-state index contributed by atoms with van der Waals surface area (Å²) in [5.41, 5.74) is 1.88. The SMILES string of the molecule is CNCCC(O)c1ccc2[nH]c(=O)oc2c1. The maximum Gasteiger partial charge on any atom is 0.417 e. The molecule has 0 radical (unpaired) electrons. The van der Waals surface area contributed by atoms with E-state index in [9.17, 15) is 9.90 Å². The van der Waals surface area contributed by atoms with Crippen LogP contribution in [0.2, 0.25) is 0 Å². The maximum atomic E-state index is 10.9. The fourth-order valence-electron chi connectivity index (χ4n) is 1.62. The van der Waals surface area contributed by atoms with E-state index in [1.165, 1.54) is 0 Å². The van der Waals surface area contributed by atoms with Crippen LogP contribution in [-0.2, 0) is 0 Å². The van der Waals surface area contributed by atoms with Crippen LogP contribution in [0.1, 0.15) is 18.1 Å². The molecular weight excluding hydrogens is 208 g/mol. The molecule has 2 aromatic rings. The molecule has 86 valence electrons. The maximum absolute atomic E-state index is 10.9. The van der Waals surface area contributed by atoms with Crippen LogP contribution in [0.5, 0.6) is 0 Å². The normalized spacial score (nSPS) is 13.1. The summed E-state index contributed by atoms with van der Waals surface area (Å²) >= 11 is 0. The van der Waals surface area contributed by atoms with Gasteiger partial charge in [-0.25, -0.2) is 4.79 Å². The first-order valence-electron chi connectivity index (χ1n) is 5.16. The molecule has 0 aliphatic heterocycles. The van der Waals surface area contributed by atoms with Gasteiger partial charge in [0.2, 0.25) is 0 Å². The van der Waals surface area contributed by atoms with E-state index in [-0.39, 0.29) is 0 Å². The third-order valence-electron chi connectivity index (χ3n) is 2.50. The van der Waals surface area contributed by atoms with Gasteiger partial charge in [0, 0.05) is 0 Å². The fourth-order valence-corrected chi connectivity index (χ4v) is 1.62. The van der Waals surface area contributed by atoms with Gasteiger partial charge < -0.3 is 14.8 Å². The number of hydrogen-bond acceptors (Lipinski definition) is 4. The lowest BCUT2D eigenvalue weighted by Crippen LogP contribution is -2.11. The molecule has 0 amide bonds. The summed E-state index contributed by atoms with van der Waals surface area (Å²) in [6.45, 7) is 0.732. The van der Waals surface area contributed by atoms with Crippen LogP contribution in [0.25, 0.3) is 11.1 Å². The summed E-state index contributed by atoms with van der Waals surface area (Å²) in [5, 5.41) is 12.8. The van der Waals surface area contributed by atoms with Crippen molar-refractivity contribution in [2.75, 3.05) is 13.6 Å². The summed E-state index contributed by atoms with van der Waals surface area (Å²) in [4.78, 5) is 13.5. The molecule has 0 aliphatic rings. The van der Waals surface area contributed by atoms with E-state index in [4.69, 9.17) is 4.42 Å². The highest BCUT2D eigenvalue weighted by molar-refractivity contribution is 5.72. The number of hydrogen-bond donors (Lipinski definition) is 3. The van der Waals surface area contributed by atoms with Crippen LogP contribution >= 0.6 is 0 Å². The van der Waals surface area contributed by atoms with E-state index in [2.05, 4.69) is 10.3 Å². The molecule has 1 aromatic carbocycles. The Morgan fingerprint density at radius 2 is 2.38 bits per heavy atom. The van der Waals surface area contributed by atoms with Gasteiger partial charge in [0.1, 0.15) is 0 Å². The summed E-state index contributed by atoms with van der Waals surface area (Å²) < 4.78 is 4.93. The zero-order chi connectivity index (χ0) is 11.5. The molecule has 5 heteroatoms. The van der Waals surface area contributed by atoms with Gasteiger partial charge in [-0.1, -0.05) is 6.07 Å². The fraction of sp³-hybridized carbons (Fsp3) is 0.364. The lowest BCUT2D eigenvalue weighted by Gasteiger charge is -2.09. The smallest absolute Gasteiger partial charge is 0.408 e. The Labute approximate surface area is 92.1 Å². The Balaban J connectivity index is 2.27. The van der Waals surface area contributed by atoms with E-state index in [1.807, 2.05) is 7.05 Å². The number of rotatable bonds is 4. The number of fused-ring (bicyclic) bond motifs is 1. The van der Waals surface area contributed by atoms with Gasteiger partial charge >= 0.3 is 5.76 Å². The van der Waals surface area contributed by atoms with Crippen molar-refractivity contribution in [3.05, 3.63) is 34.3 Å². The number of H-pyrrole nitrogens is 1. The van der Waals surface area contributed by atoms with E-state index >= 15 is 0 Å². The van der Waals surface area contributed by atoms with Crippen molar-refractivity contribution >= 4 is 11.1 Å². The van der Waals surface area contributed by atoms with Crippen LogP contribution in [-0.4, -0.2) is 23.7 Å². The first kappa shape index (κ1) is 10.9. The number of aromatic nitrogens is 1. The third-order valence-corrected chi connectivity index (χ3v) is 2.50. The molecule has 0 bridgehead atoms. The average molecular weight is 222 g/mol. The van der Waals surface area contributed by atoms with Gasteiger partial charge in [-0.05, 0) is 37.7 Å². The largest absolute Gasteiger partial charge is 0.417 e. The first-order chi connectivity index (χ1) is 7.70. The lowest BCUT2D eigenvalue weighted by molar-refractivity contribution is 0.168. The Hall–Kier alpha value is -1.59. The van der Waals surface area contributed by atoms with Crippen LogP contribution in [0.3, 0.4) is 0 Å². The molecule has 0 aliphatic carbocycles. The Morgan fingerprint density at radius 1 is 1.56 bits per heavy atom. The second kappa shape index (κ2) is 4.51. The minimum Gasteiger partial charge on any atom is -0.408 e. The molecule has 0 spiro atoms. The van der Waals surface area contributed by atoms with Crippen molar-refractivity contribution in [2.24, 2.45) is 0 Å². The minimum atomic E-state index is -0.544. The van der Waals surface area contributed by atoms with E-state index in [0.717, 1.165) is 12.1 Å². The summed E-state index contributed by atoms with van der Waals surface area (Å²) in [6.07, 6.45) is 0.0773. The Bertz CT molecular complexity index is 529. The lowest BCUT2D eigenvalue weighted by atomic mass is 10.1. The van der Waals surface area contributed by atoms with Crippen LogP contribution < -0.4 is 11.1 Å². The predicted molar refractivity (Wildman–Crippen MR) is 60.3 cm³/mol. The topological polar surface area (TPSA) is 78.3 Å². The molecule has 16 heavy (non-hydrogen) atoms. The highest BCUT2D eigenvalue weighted by Crippen LogP contribution is 2.20. The van der Waals surface area contributed by atoms with E-state index < -0.39 is 11.9 Å². The second-order valence-electron chi connectivity index (χ2n) is 3.68. The molecule has 1 unspecified atom stereocenters. The molecule has 1 aromatic heterocycles. The van der Waals surface area contributed by atoms with Crippen LogP contribution in [0.4, 0.5) is 0 Å². The summed E-state index contributed by atoms with van der Waals surface area (Å²) in [6, 6.07) is 5.21. The summed E-state index contributed by atoms with van der Waals surface area (Å²) in [7, 11) is 1.83. The molecule has 5 nitrogen and oxygen atoms in total. The van der Waals surface area contributed by atoms with Gasteiger partial charge in [-0.15, -0.1) is 0 Å². The average Bonchev–Trinajstić information content (AvgIpc) is 2.64. The number of oxazole rings is 1. The van der Waals surface area contributed by atoms with Crippen LogP contribution in [0.15, 0.2) is 27.4 Å². The molecule has 0 fully saturated rings. The zero-order valence-corrected chi connectivity index (χ0v) is 8.99. The van der Waals surface area contributed by atoms with Gasteiger partial charge in [0.05, 0.1) is 11.6 Å². The van der Waals surface area contributed by atoms with Gasteiger partial charge in [-0.2, -0.15) is 0 Å². The summed E-state index contributed by atoms with van der Waals surface area (Å²) in [5.74, 6) is -0.475. The number of benzene rings is 1. The van der Waals surface area contributed by atoms with Crippen molar-refractivity contribution in [3.8, 4) is 0 Å². The van der Waals surface area contributed by atoms with E-state index in [0.29, 0.717) is 17.5 Å². The highest BCUT2D eigenvalue weighted by Gasteiger charge is 2.09. The number of aliphatic hydroxyl groups excluding tert-OH is 1. The molecule has 3 N–H and O–H groups in total. The van der Waals surface area contributed by atoms with E-state index in [1.54, 1.807) is 18.2 Å². The van der Waals surface area contributed by atoms with Gasteiger partial charge in [-0.3, -0.25) is 4.98 Å². The van der Waals surface area contributed by atoms with Crippen molar-refractivity contribution in [1.29, 1.82) is 0 Å². The number of nitrogens with one attached hydrogen (secondary N) is 2. The minimum absolute atomic E-state index is 0.475. The van der Waals surface area contributed by atoms with Crippen molar-refractivity contribution in [1.82, 2.24) is 10.3 Å². The van der Waals surface area contributed by atoms with Crippen molar-refractivity contribution in [2.45, 2.75) is 12.5 Å². The number of aliphatic hydroxyl groups is 1. The van der Waals surface area contributed by atoms with Crippen molar-refractivity contribution in [3.63, 3.8) is 0 Å². The van der Waals surface area contributed by atoms with Crippen LogP contribution in [0, 0.1) is 0 Å². The third kappa shape index (κ3) is 2.15. The molecule has 0 saturated heterocycles. The molecule has 0 saturated carbocycles. The standard InChI is InChI=1S/C11H14N2O3/c1-12-5-4-9(14)7-2-3-8-10(6-7)16-11(15)13-8/h2-3,6,9,12,14H,4-5H2,1H3,(H,13,15). The highest BCUT2D eigenvalue weighted by atomic mass is 16.4. The van der Waals surface area contributed by atoms with Gasteiger partial charge in [0.25, 0.3) is 0 Å². The van der Waals surface area contributed by atoms with Gasteiger partial charge in [0.15, 0.2) is 5.58 Å². The first-order valence-corrected chi connectivity index (χ1v) is 5.16. The Kier molecular flexibility index (Phi) is 3.07. The zero-order valence-electron chi connectivity index (χ0n) is 8.99. The molecule has 1 atom stereocenters. The Morgan fingerprint density at radius 3 is 3.12 bits per heavy atom. The predicted octanol–water partition coefficient (Wildman–Crippen LogP) is 0.764. The second-order valence-corrected chi connectivity index (χ2v) is 3.68. The molecule has 2 rings (SSSR count). The monoisotopic (exact) mass is 222 g/mol. The quantitative estimate of drug-likeness (QED) is 0.713.